The third-order valence-corrected chi connectivity index (χ3v) is 3.56. The Morgan fingerprint density at radius 2 is 2.00 bits per heavy atom. The lowest BCUT2D eigenvalue weighted by Gasteiger charge is -2.17. The quantitative estimate of drug-likeness (QED) is 0.883. The lowest BCUT2D eigenvalue weighted by molar-refractivity contribution is -0.143. The van der Waals surface area contributed by atoms with Crippen molar-refractivity contribution < 1.29 is 19.2 Å². The van der Waals surface area contributed by atoms with Crippen LogP contribution in [0.5, 0.6) is 0 Å². The first-order valence-electron chi connectivity index (χ1n) is 7.17. The molecule has 1 atom stereocenters. The van der Waals surface area contributed by atoms with Gasteiger partial charge in [0, 0.05) is 5.39 Å². The summed E-state index contributed by atoms with van der Waals surface area (Å²) < 4.78 is 5.27. The third-order valence-electron chi connectivity index (χ3n) is 3.56. The van der Waals surface area contributed by atoms with Crippen molar-refractivity contribution in [2.75, 3.05) is 0 Å². The molecule has 2 rings (SSSR count). The number of carbonyl (C=O) groups excluding carboxylic acids is 1. The van der Waals surface area contributed by atoms with Crippen LogP contribution in [0.2, 0.25) is 0 Å². The number of hydrogen-bond donors (Lipinski definition) is 2. The van der Waals surface area contributed by atoms with E-state index in [0.29, 0.717) is 11.3 Å². The Hall–Kier alpha value is -2.37. The summed E-state index contributed by atoms with van der Waals surface area (Å²) in [5, 5.41) is 16.4. The van der Waals surface area contributed by atoms with Crippen LogP contribution >= 0.6 is 0 Å². The monoisotopic (exact) mass is 304 g/mol. The number of hydrogen-bond acceptors (Lipinski definition) is 4. The van der Waals surface area contributed by atoms with Crippen molar-refractivity contribution in [2.45, 2.75) is 40.2 Å². The van der Waals surface area contributed by atoms with E-state index in [1.54, 1.807) is 13.8 Å². The van der Waals surface area contributed by atoms with Gasteiger partial charge in [-0.2, -0.15) is 0 Å². The molecule has 0 saturated heterocycles. The fourth-order valence-corrected chi connectivity index (χ4v) is 2.53. The van der Waals surface area contributed by atoms with Gasteiger partial charge in [-0.25, -0.2) is 4.79 Å². The van der Waals surface area contributed by atoms with Gasteiger partial charge in [0.2, 0.25) is 5.91 Å². The van der Waals surface area contributed by atoms with Gasteiger partial charge in [0.05, 0.1) is 6.42 Å². The van der Waals surface area contributed by atoms with Gasteiger partial charge in [0.1, 0.15) is 11.7 Å². The highest BCUT2D eigenvalue weighted by Crippen LogP contribution is 2.24. The van der Waals surface area contributed by atoms with Gasteiger partial charge in [-0.3, -0.25) is 4.79 Å². The number of carboxylic acid groups (broad SMARTS) is 1. The Morgan fingerprint density at radius 1 is 1.32 bits per heavy atom. The molecule has 6 heteroatoms. The molecule has 118 valence electrons. The number of carbonyl (C=O) groups is 2. The average molecular weight is 304 g/mol. The normalized spacial score (nSPS) is 12.6. The molecule has 22 heavy (non-hydrogen) atoms. The van der Waals surface area contributed by atoms with Crippen LogP contribution < -0.4 is 5.32 Å². The fourth-order valence-electron chi connectivity index (χ4n) is 2.53. The topological polar surface area (TPSA) is 92.4 Å². The van der Waals surface area contributed by atoms with E-state index >= 15 is 0 Å². The molecule has 0 saturated carbocycles. The number of nitrogens with one attached hydrogen (secondary N) is 1. The number of aliphatic carboxylic acids is 1. The van der Waals surface area contributed by atoms with Crippen molar-refractivity contribution in [1.82, 2.24) is 10.5 Å². The number of aromatic nitrogens is 1. The van der Waals surface area contributed by atoms with E-state index in [1.807, 2.05) is 26.0 Å². The van der Waals surface area contributed by atoms with E-state index in [9.17, 15) is 9.59 Å². The van der Waals surface area contributed by atoms with E-state index < -0.39 is 12.0 Å². The minimum atomic E-state index is -1.04. The number of fused-ring (bicyclic) bond motifs is 1. The molecule has 1 aromatic heterocycles. The summed E-state index contributed by atoms with van der Waals surface area (Å²) in [6.45, 7) is 7.39. The predicted octanol–water partition coefficient (Wildman–Crippen LogP) is 2.21. The van der Waals surface area contributed by atoms with Crippen LogP contribution in [0.4, 0.5) is 0 Å². The lowest BCUT2D eigenvalue weighted by atomic mass is 10.0. The van der Waals surface area contributed by atoms with Crippen molar-refractivity contribution >= 4 is 22.8 Å². The summed E-state index contributed by atoms with van der Waals surface area (Å²) in [5.41, 5.74) is 3.21. The third kappa shape index (κ3) is 3.27. The minimum Gasteiger partial charge on any atom is -0.480 e. The Balaban J connectivity index is 2.21. The van der Waals surface area contributed by atoms with Crippen molar-refractivity contribution in [1.29, 1.82) is 0 Å². The minimum absolute atomic E-state index is 0.00655. The molecule has 1 unspecified atom stereocenters. The van der Waals surface area contributed by atoms with E-state index in [4.69, 9.17) is 9.63 Å². The van der Waals surface area contributed by atoms with Crippen molar-refractivity contribution in [3.63, 3.8) is 0 Å². The number of nitrogens with zero attached hydrogens (tertiary/aromatic N) is 1. The summed E-state index contributed by atoms with van der Waals surface area (Å²) in [6.07, 6.45) is -0.00655. The van der Waals surface area contributed by atoms with Gasteiger partial charge in [0.25, 0.3) is 0 Å². The molecule has 0 radical (unpaired) electrons. The van der Waals surface area contributed by atoms with Gasteiger partial charge in [-0.15, -0.1) is 0 Å². The van der Waals surface area contributed by atoms with Gasteiger partial charge >= 0.3 is 5.97 Å². The standard InChI is InChI=1S/C16H20N2O4/c1-8(2)15(16(20)21)17-13(19)7-11-14-10(4)5-9(3)6-12(14)22-18-11/h5-6,8,15H,7H2,1-4H3,(H,17,19)(H,20,21). The average Bonchev–Trinajstić information content (AvgIpc) is 2.78. The maximum Gasteiger partial charge on any atom is 0.326 e. The molecule has 1 aromatic carbocycles. The molecule has 1 heterocycles. The second-order valence-electron chi connectivity index (χ2n) is 5.89. The number of benzene rings is 1. The number of aryl methyl sites for hydroxylation is 2. The van der Waals surface area contributed by atoms with E-state index in [1.165, 1.54) is 0 Å². The number of carboxylic acids is 1. The van der Waals surface area contributed by atoms with Crippen LogP contribution in [0.25, 0.3) is 11.0 Å². The van der Waals surface area contributed by atoms with Crippen LogP contribution in [-0.4, -0.2) is 28.2 Å². The highest BCUT2D eigenvalue weighted by Gasteiger charge is 2.24. The van der Waals surface area contributed by atoms with Crippen LogP contribution in [0.1, 0.15) is 30.7 Å². The molecular weight excluding hydrogens is 284 g/mol. The predicted molar refractivity (Wildman–Crippen MR) is 81.6 cm³/mol. The van der Waals surface area contributed by atoms with Crippen LogP contribution in [0.3, 0.4) is 0 Å². The molecule has 1 amide bonds. The van der Waals surface area contributed by atoms with E-state index in [0.717, 1.165) is 16.5 Å². The second kappa shape index (κ2) is 6.17. The highest BCUT2D eigenvalue weighted by atomic mass is 16.5. The van der Waals surface area contributed by atoms with Gasteiger partial charge < -0.3 is 14.9 Å². The largest absolute Gasteiger partial charge is 0.480 e. The molecule has 2 N–H and O–H groups in total. The fraction of sp³-hybridized carbons (Fsp3) is 0.438. The van der Waals surface area contributed by atoms with E-state index in [2.05, 4.69) is 10.5 Å². The summed E-state index contributed by atoms with van der Waals surface area (Å²) in [6, 6.07) is 2.95. The molecule has 0 fully saturated rings. The molecule has 0 bridgehead atoms. The Bertz CT molecular complexity index is 718. The van der Waals surface area contributed by atoms with E-state index in [-0.39, 0.29) is 18.2 Å². The Morgan fingerprint density at radius 3 is 2.59 bits per heavy atom. The molecule has 0 aliphatic carbocycles. The van der Waals surface area contributed by atoms with Gasteiger partial charge in [0.15, 0.2) is 5.58 Å². The first-order chi connectivity index (χ1) is 10.3. The lowest BCUT2D eigenvalue weighted by Crippen LogP contribution is -2.44. The van der Waals surface area contributed by atoms with Gasteiger partial charge in [-0.1, -0.05) is 25.1 Å². The molecule has 0 aliphatic rings. The molecule has 0 aliphatic heterocycles. The summed E-state index contributed by atoms with van der Waals surface area (Å²) in [7, 11) is 0. The number of rotatable bonds is 5. The maximum absolute atomic E-state index is 12.1. The van der Waals surface area contributed by atoms with Crippen molar-refractivity contribution in [2.24, 2.45) is 5.92 Å². The molecule has 6 nitrogen and oxygen atoms in total. The second-order valence-corrected chi connectivity index (χ2v) is 5.89. The van der Waals surface area contributed by atoms with Crippen LogP contribution in [0, 0.1) is 19.8 Å². The van der Waals surface area contributed by atoms with Gasteiger partial charge in [-0.05, 0) is 37.0 Å². The zero-order valence-electron chi connectivity index (χ0n) is 13.1. The van der Waals surface area contributed by atoms with Crippen molar-refractivity contribution in [3.8, 4) is 0 Å². The zero-order valence-corrected chi connectivity index (χ0v) is 13.1. The smallest absolute Gasteiger partial charge is 0.326 e. The zero-order chi connectivity index (χ0) is 16.4. The molecule has 2 aromatic rings. The first kappa shape index (κ1) is 16.0. The number of amides is 1. The van der Waals surface area contributed by atoms with Crippen molar-refractivity contribution in [3.05, 3.63) is 29.0 Å². The Kier molecular flexibility index (Phi) is 4.49. The Labute approximate surface area is 128 Å². The van der Waals surface area contributed by atoms with Crippen LogP contribution in [-0.2, 0) is 16.0 Å². The van der Waals surface area contributed by atoms with Crippen LogP contribution in [0.15, 0.2) is 16.7 Å². The molecule has 0 spiro atoms. The summed E-state index contributed by atoms with van der Waals surface area (Å²) in [5.74, 6) is -1.61. The SMILES string of the molecule is Cc1cc(C)c2c(CC(=O)NC(C(=O)O)C(C)C)noc2c1. The summed E-state index contributed by atoms with van der Waals surface area (Å²) >= 11 is 0. The first-order valence-corrected chi connectivity index (χ1v) is 7.17. The highest BCUT2D eigenvalue weighted by molar-refractivity contribution is 5.90. The maximum atomic E-state index is 12.1. The molecular formula is C16H20N2O4. The summed E-state index contributed by atoms with van der Waals surface area (Å²) in [4.78, 5) is 23.2.